The Morgan fingerprint density at radius 2 is 2.24 bits per heavy atom. The van der Waals surface area contributed by atoms with Crippen molar-refractivity contribution >= 4 is 38.5 Å². The smallest absolute Gasteiger partial charge is 0.248 e. The number of thiazole rings is 1. The largest absolute Gasteiger partial charge is 0.497 e. The number of methoxy groups -OCH3 is 1. The van der Waals surface area contributed by atoms with Gasteiger partial charge in [-0.3, -0.25) is 9.59 Å². The molecule has 0 fully saturated rings. The van der Waals surface area contributed by atoms with Gasteiger partial charge in [0.15, 0.2) is 5.13 Å². The Balaban J connectivity index is 2.08. The van der Waals surface area contributed by atoms with Crippen LogP contribution in [0.25, 0.3) is 10.2 Å². The molecule has 2 amide bonds. The van der Waals surface area contributed by atoms with Gasteiger partial charge in [0.25, 0.3) is 0 Å². The fraction of sp³-hybridized carbons (Fsp3) is 0.308. The van der Waals surface area contributed by atoms with Crippen LogP contribution < -0.4 is 21.1 Å². The number of anilines is 1. The van der Waals surface area contributed by atoms with Crippen molar-refractivity contribution in [2.75, 3.05) is 19.0 Å². The highest BCUT2D eigenvalue weighted by Gasteiger charge is 2.16. The molecule has 0 bridgehead atoms. The molecule has 1 atom stereocenters. The number of hydrogen-bond acceptors (Lipinski definition) is 6. The van der Waals surface area contributed by atoms with E-state index < -0.39 is 6.04 Å². The van der Waals surface area contributed by atoms with Crippen molar-refractivity contribution in [3.63, 3.8) is 0 Å². The average molecular weight is 308 g/mol. The molecule has 0 spiro atoms. The van der Waals surface area contributed by atoms with E-state index in [0.29, 0.717) is 5.13 Å². The highest BCUT2D eigenvalue weighted by Crippen LogP contribution is 2.29. The maximum atomic E-state index is 11.9. The molecule has 0 unspecified atom stereocenters. The highest BCUT2D eigenvalue weighted by atomic mass is 32.1. The first kappa shape index (κ1) is 15.2. The molecule has 4 N–H and O–H groups in total. The SMILES string of the molecule is COc1ccc2nc(NC(=O)[C@H](C)NC(=O)CN)sc2c1. The third-order valence-corrected chi connectivity index (χ3v) is 3.72. The van der Waals surface area contributed by atoms with E-state index in [2.05, 4.69) is 15.6 Å². The number of ether oxygens (including phenoxy) is 1. The third-order valence-electron chi connectivity index (χ3n) is 2.78. The van der Waals surface area contributed by atoms with Crippen LogP contribution in [0, 0.1) is 0 Å². The molecule has 7 nitrogen and oxygen atoms in total. The molecule has 0 aliphatic heterocycles. The van der Waals surface area contributed by atoms with E-state index in [4.69, 9.17) is 10.5 Å². The minimum atomic E-state index is -0.678. The minimum absolute atomic E-state index is 0.154. The number of carbonyl (C=O) groups is 2. The maximum Gasteiger partial charge on any atom is 0.248 e. The van der Waals surface area contributed by atoms with Gasteiger partial charge in [0.1, 0.15) is 11.8 Å². The monoisotopic (exact) mass is 308 g/mol. The van der Waals surface area contributed by atoms with E-state index in [1.165, 1.54) is 11.3 Å². The lowest BCUT2D eigenvalue weighted by atomic mass is 10.3. The van der Waals surface area contributed by atoms with Gasteiger partial charge in [-0.15, -0.1) is 0 Å². The molecule has 0 aliphatic carbocycles. The summed E-state index contributed by atoms with van der Waals surface area (Å²) < 4.78 is 6.05. The zero-order chi connectivity index (χ0) is 15.4. The number of nitrogens with one attached hydrogen (secondary N) is 2. The Labute approximate surface area is 125 Å². The molecule has 21 heavy (non-hydrogen) atoms. The second kappa shape index (κ2) is 6.51. The normalized spacial score (nSPS) is 12.0. The van der Waals surface area contributed by atoms with Crippen LogP contribution >= 0.6 is 11.3 Å². The molecule has 2 aromatic rings. The van der Waals surface area contributed by atoms with Crippen molar-refractivity contribution in [3.05, 3.63) is 18.2 Å². The molecular formula is C13H16N4O3S. The van der Waals surface area contributed by atoms with Gasteiger partial charge < -0.3 is 21.1 Å². The Kier molecular flexibility index (Phi) is 4.71. The molecule has 1 heterocycles. The van der Waals surface area contributed by atoms with Gasteiger partial charge in [-0.25, -0.2) is 4.98 Å². The number of hydrogen-bond donors (Lipinski definition) is 3. The van der Waals surface area contributed by atoms with E-state index in [9.17, 15) is 9.59 Å². The van der Waals surface area contributed by atoms with E-state index in [1.54, 1.807) is 20.1 Å². The zero-order valence-corrected chi connectivity index (χ0v) is 12.5. The highest BCUT2D eigenvalue weighted by molar-refractivity contribution is 7.22. The molecular weight excluding hydrogens is 292 g/mol. The van der Waals surface area contributed by atoms with Crippen LogP contribution in [0.3, 0.4) is 0 Å². The molecule has 0 saturated carbocycles. The third kappa shape index (κ3) is 3.67. The van der Waals surface area contributed by atoms with Crippen LogP contribution in [0.15, 0.2) is 18.2 Å². The lowest BCUT2D eigenvalue weighted by Gasteiger charge is -2.11. The van der Waals surface area contributed by atoms with Gasteiger partial charge >= 0.3 is 0 Å². The molecule has 0 radical (unpaired) electrons. The summed E-state index contributed by atoms with van der Waals surface area (Å²) >= 11 is 1.34. The first-order valence-corrected chi connectivity index (χ1v) is 7.10. The number of fused-ring (bicyclic) bond motifs is 1. The predicted molar refractivity (Wildman–Crippen MR) is 81.5 cm³/mol. The second-order valence-electron chi connectivity index (χ2n) is 4.34. The standard InChI is InChI=1S/C13H16N4O3S/c1-7(15-11(18)6-14)12(19)17-13-16-9-4-3-8(20-2)5-10(9)21-13/h3-5,7H,6,14H2,1-2H3,(H,15,18)(H,16,17,19)/t7-/m0/s1. The fourth-order valence-corrected chi connectivity index (χ4v) is 2.56. The number of aromatic nitrogens is 1. The van der Waals surface area contributed by atoms with Gasteiger partial charge in [0.05, 0.1) is 23.9 Å². The van der Waals surface area contributed by atoms with Crippen LogP contribution in [-0.2, 0) is 9.59 Å². The fourth-order valence-electron chi connectivity index (χ4n) is 1.66. The number of carbonyl (C=O) groups excluding carboxylic acids is 2. The number of nitrogens with zero attached hydrogens (tertiary/aromatic N) is 1. The average Bonchev–Trinajstić information content (AvgIpc) is 2.87. The van der Waals surface area contributed by atoms with Crippen molar-refractivity contribution in [1.82, 2.24) is 10.3 Å². The number of rotatable bonds is 5. The Morgan fingerprint density at radius 1 is 1.48 bits per heavy atom. The van der Waals surface area contributed by atoms with Gasteiger partial charge in [-0.2, -0.15) is 0 Å². The van der Waals surface area contributed by atoms with Gasteiger partial charge in [-0.05, 0) is 25.1 Å². The van der Waals surface area contributed by atoms with Crippen molar-refractivity contribution in [1.29, 1.82) is 0 Å². The lowest BCUT2D eigenvalue weighted by Crippen LogP contribution is -2.44. The summed E-state index contributed by atoms with van der Waals surface area (Å²) in [5.41, 5.74) is 5.96. The number of amides is 2. The van der Waals surface area contributed by atoms with E-state index in [1.807, 2.05) is 12.1 Å². The van der Waals surface area contributed by atoms with Crippen molar-refractivity contribution in [3.8, 4) is 5.75 Å². The Morgan fingerprint density at radius 3 is 2.90 bits per heavy atom. The quantitative estimate of drug-likeness (QED) is 0.754. The zero-order valence-electron chi connectivity index (χ0n) is 11.7. The maximum absolute atomic E-state index is 11.9. The van der Waals surface area contributed by atoms with Crippen LogP contribution in [-0.4, -0.2) is 36.5 Å². The summed E-state index contributed by atoms with van der Waals surface area (Å²) in [6.07, 6.45) is 0. The topological polar surface area (TPSA) is 106 Å². The first-order valence-electron chi connectivity index (χ1n) is 6.28. The van der Waals surface area contributed by atoms with Crippen LogP contribution in [0.2, 0.25) is 0 Å². The number of benzene rings is 1. The van der Waals surface area contributed by atoms with Gasteiger partial charge in [0.2, 0.25) is 11.8 Å². The molecule has 8 heteroatoms. The minimum Gasteiger partial charge on any atom is -0.497 e. The molecule has 1 aromatic heterocycles. The molecule has 0 aliphatic rings. The van der Waals surface area contributed by atoms with Crippen molar-refractivity contribution in [2.24, 2.45) is 5.73 Å². The van der Waals surface area contributed by atoms with Crippen LogP contribution in [0.5, 0.6) is 5.75 Å². The summed E-state index contributed by atoms with van der Waals surface area (Å²) in [6, 6.07) is 4.79. The summed E-state index contributed by atoms with van der Waals surface area (Å²) in [5, 5.41) is 5.62. The van der Waals surface area contributed by atoms with Crippen LogP contribution in [0.4, 0.5) is 5.13 Å². The first-order chi connectivity index (χ1) is 10.0. The molecule has 0 saturated heterocycles. The Bertz CT molecular complexity index is 670. The summed E-state index contributed by atoms with van der Waals surface area (Å²) in [6.45, 7) is 1.43. The van der Waals surface area contributed by atoms with Crippen molar-refractivity contribution in [2.45, 2.75) is 13.0 Å². The van der Waals surface area contributed by atoms with Crippen LogP contribution in [0.1, 0.15) is 6.92 Å². The summed E-state index contributed by atoms with van der Waals surface area (Å²) in [5.74, 6) is 0.00195. The van der Waals surface area contributed by atoms with E-state index in [-0.39, 0.29) is 18.4 Å². The predicted octanol–water partition coefficient (Wildman–Crippen LogP) is 0.707. The van der Waals surface area contributed by atoms with Gasteiger partial charge in [0, 0.05) is 0 Å². The number of nitrogens with two attached hydrogens (primary N) is 1. The molecule has 1 aromatic carbocycles. The molecule has 2 rings (SSSR count). The second-order valence-corrected chi connectivity index (χ2v) is 5.37. The summed E-state index contributed by atoms with van der Waals surface area (Å²) in [7, 11) is 1.59. The summed E-state index contributed by atoms with van der Waals surface area (Å²) in [4.78, 5) is 27.4. The van der Waals surface area contributed by atoms with E-state index >= 15 is 0 Å². The lowest BCUT2D eigenvalue weighted by molar-refractivity contribution is -0.125. The molecule has 112 valence electrons. The Hall–Kier alpha value is -2.19. The van der Waals surface area contributed by atoms with Crippen molar-refractivity contribution < 1.29 is 14.3 Å². The van der Waals surface area contributed by atoms with Gasteiger partial charge in [-0.1, -0.05) is 11.3 Å². The van der Waals surface area contributed by atoms with E-state index in [0.717, 1.165) is 16.0 Å².